The van der Waals surface area contributed by atoms with Gasteiger partial charge in [-0.2, -0.15) is 0 Å². The van der Waals surface area contributed by atoms with Gasteiger partial charge in [0.25, 0.3) is 0 Å². The fourth-order valence-electron chi connectivity index (χ4n) is 0.714. The second kappa shape index (κ2) is 14.2. The summed E-state index contributed by atoms with van der Waals surface area (Å²) in [6.07, 6.45) is -2.29. The third-order valence-corrected chi connectivity index (χ3v) is 1.29. The molecule has 0 saturated heterocycles. The zero-order chi connectivity index (χ0) is 17.8. The molecule has 0 aromatic rings. The second-order valence-corrected chi connectivity index (χ2v) is 2.92. The van der Waals surface area contributed by atoms with Gasteiger partial charge in [-0.05, 0) is 0 Å². The number of carboxylic acids is 3. The van der Waals surface area contributed by atoms with Crippen LogP contribution in [-0.4, -0.2) is 99.6 Å². The van der Waals surface area contributed by atoms with Gasteiger partial charge in [0.05, 0.1) is 23.0 Å². The molecule has 0 aliphatic carbocycles. The van der Waals surface area contributed by atoms with Gasteiger partial charge in [-0.1, -0.05) is 0 Å². The molecule has 0 aromatic carbocycles. The maximum Gasteiger partial charge on any atom is 2.00 e. The molecule has 22 heavy (non-hydrogen) atoms. The molecule has 0 heterocycles. The minimum atomic E-state index is -2.74. The molecule has 0 aliphatic heterocycles. The van der Waals surface area contributed by atoms with E-state index in [4.69, 9.17) is 51.1 Å². The molecule has 0 saturated carbocycles. The number of hydrogen-bond acceptors (Lipinski definition) is 10. The van der Waals surface area contributed by atoms with Crippen molar-refractivity contribution in [1.82, 2.24) is 0 Å². The summed E-state index contributed by atoms with van der Waals surface area (Å²) in [7, 11) is 0. The molecule has 0 unspecified atom stereocenters. The van der Waals surface area contributed by atoms with Crippen molar-refractivity contribution in [3.63, 3.8) is 0 Å². The van der Waals surface area contributed by atoms with E-state index in [-0.39, 0.29) is 45.5 Å². The van der Waals surface area contributed by atoms with Gasteiger partial charge in [-0.3, -0.25) is 9.59 Å². The third-order valence-electron chi connectivity index (χ3n) is 1.29. The summed E-state index contributed by atoms with van der Waals surface area (Å²) < 4.78 is 0. The largest absolute Gasteiger partial charge is 2.00 e. The van der Waals surface area contributed by atoms with Crippen LogP contribution in [0.5, 0.6) is 0 Å². The monoisotopic (exact) mass is 404 g/mol. The number of aliphatic carboxylic acids is 3. The molecule has 4 N–H and O–H groups in total. The Morgan fingerprint density at radius 3 is 1.09 bits per heavy atom. The van der Waals surface area contributed by atoms with Crippen molar-refractivity contribution in [2.24, 2.45) is 0 Å². The van der Waals surface area contributed by atoms with Crippen molar-refractivity contribution < 1.29 is 45.0 Å². The second-order valence-electron chi connectivity index (χ2n) is 2.92. The van der Waals surface area contributed by atoms with Crippen molar-refractivity contribution in [1.29, 1.82) is 0 Å². The molecule has 0 fully saturated rings. The summed E-state index contributed by atoms with van der Waals surface area (Å²) in [5.74, 6) is -5.02. The first-order valence-electron chi connectivity index (χ1n) is 4.27. The van der Waals surface area contributed by atoms with Gasteiger partial charge in [0, 0.05) is 0 Å². The number of nitrogens with zero attached hydrogens (tertiary/aromatic N) is 2. The van der Waals surface area contributed by atoms with Crippen LogP contribution in [0.2, 0.25) is 0 Å². The summed E-state index contributed by atoms with van der Waals surface area (Å²) in [6.45, 7) is 0. The van der Waals surface area contributed by atoms with E-state index < -0.39 is 46.5 Å². The van der Waals surface area contributed by atoms with Gasteiger partial charge < -0.3 is 51.1 Å². The minimum Gasteiger partial charge on any atom is -0.481 e. The molecule has 122 valence electrons. The Balaban J connectivity index is -0.000000150. The zero-order valence-electron chi connectivity index (χ0n) is 10.5. The first-order chi connectivity index (χ1) is 9.24. The van der Waals surface area contributed by atoms with Crippen LogP contribution in [0.15, 0.2) is 0 Å². The molecule has 0 rings (SSSR count). The van der Waals surface area contributed by atoms with E-state index in [0.717, 1.165) is 0 Å². The topological polar surface area (TPSA) is 265 Å². The number of carbonyl (C=O) groups is 3. The SMILES string of the molecule is O=C(O)CC(O)(CC(=O)O)C(=O)O.O=[N+]([O-])[O-].O=[N+]([O-])[O-].[Sr+2]. The van der Waals surface area contributed by atoms with Crippen LogP contribution in [0.4, 0.5) is 0 Å². The molecule has 0 aromatic heterocycles. The number of rotatable bonds is 5. The van der Waals surface area contributed by atoms with E-state index in [9.17, 15) is 14.4 Å². The van der Waals surface area contributed by atoms with Gasteiger partial charge in [0.15, 0.2) is 5.60 Å². The first kappa shape index (κ1) is 28.4. The normalized spacial score (nSPS) is 8.59. The van der Waals surface area contributed by atoms with Crippen LogP contribution >= 0.6 is 0 Å². The summed E-state index contributed by atoms with van der Waals surface area (Å²) in [5, 5.41) is 63.3. The number of carboxylic acid groups (broad SMARTS) is 3. The zero-order valence-corrected chi connectivity index (χ0v) is 14.0. The quantitative estimate of drug-likeness (QED) is 0.217. The van der Waals surface area contributed by atoms with Crippen LogP contribution in [0.1, 0.15) is 12.8 Å². The fraction of sp³-hybridized carbons (Fsp3) is 0.500. The Kier molecular flexibility index (Phi) is 18.3. The summed E-state index contributed by atoms with van der Waals surface area (Å²) in [4.78, 5) is 47.0. The molecular weight excluding hydrogens is 396 g/mol. The maximum atomic E-state index is 10.3. The summed E-state index contributed by atoms with van der Waals surface area (Å²) in [6, 6.07) is 0. The van der Waals surface area contributed by atoms with Crippen LogP contribution in [0, 0.1) is 30.6 Å². The smallest absolute Gasteiger partial charge is 0.481 e. The van der Waals surface area contributed by atoms with Crippen LogP contribution in [-0.2, 0) is 14.4 Å². The van der Waals surface area contributed by atoms with Crippen molar-refractivity contribution in [3.8, 4) is 0 Å². The molecule has 0 bridgehead atoms. The number of hydrogen-bond donors (Lipinski definition) is 4. The maximum absolute atomic E-state index is 10.3. The molecule has 16 heteroatoms. The van der Waals surface area contributed by atoms with Crippen molar-refractivity contribution >= 4 is 63.4 Å². The van der Waals surface area contributed by atoms with E-state index in [1.807, 2.05) is 0 Å². The Labute approximate surface area is 156 Å². The van der Waals surface area contributed by atoms with E-state index in [1.54, 1.807) is 0 Å². The average Bonchev–Trinajstić information content (AvgIpc) is 2.11. The standard InChI is InChI=1S/C6H8O7.2NO3.Sr/c7-3(8)1-6(13,5(11)12)2-4(9)10;2*2-1(3)4;/h13H,1-2H2,(H,7,8)(H,9,10)(H,11,12);;;/q;2*-1;+2. The molecule has 0 atom stereocenters. The third kappa shape index (κ3) is 26.7. The molecule has 15 nitrogen and oxygen atoms in total. The van der Waals surface area contributed by atoms with Crippen molar-refractivity contribution in [2.45, 2.75) is 18.4 Å². The average molecular weight is 404 g/mol. The van der Waals surface area contributed by atoms with Crippen LogP contribution in [0.25, 0.3) is 0 Å². The van der Waals surface area contributed by atoms with Gasteiger partial charge >= 0.3 is 63.4 Å². The first-order valence-corrected chi connectivity index (χ1v) is 4.27. The molecule has 0 radical (unpaired) electrons. The Morgan fingerprint density at radius 2 is 1.00 bits per heavy atom. The Bertz CT molecular complexity index is 373. The Hall–Kier alpha value is -1.75. The fourth-order valence-corrected chi connectivity index (χ4v) is 0.714. The number of aliphatic hydroxyl groups is 1. The van der Waals surface area contributed by atoms with E-state index >= 15 is 0 Å². The predicted molar refractivity (Wildman–Crippen MR) is 63.6 cm³/mol. The van der Waals surface area contributed by atoms with Gasteiger partial charge in [-0.25, -0.2) is 4.79 Å². The predicted octanol–water partition coefficient (Wildman–Crippen LogP) is -2.11. The molecule has 0 amide bonds. The summed E-state index contributed by atoms with van der Waals surface area (Å²) in [5.41, 5.74) is -2.74. The summed E-state index contributed by atoms with van der Waals surface area (Å²) >= 11 is 0. The Morgan fingerprint density at radius 1 is 0.818 bits per heavy atom. The van der Waals surface area contributed by atoms with Crippen LogP contribution < -0.4 is 0 Å². The molecular formula is C6H8N2O13Sr. The van der Waals surface area contributed by atoms with E-state index in [0.29, 0.717) is 0 Å². The van der Waals surface area contributed by atoms with Gasteiger partial charge in [0.2, 0.25) is 0 Å². The van der Waals surface area contributed by atoms with Gasteiger partial charge in [-0.15, -0.1) is 0 Å². The van der Waals surface area contributed by atoms with Crippen molar-refractivity contribution in [2.75, 3.05) is 0 Å². The molecule has 0 aliphatic rings. The van der Waals surface area contributed by atoms with Crippen molar-refractivity contribution in [3.05, 3.63) is 30.6 Å². The van der Waals surface area contributed by atoms with E-state index in [2.05, 4.69) is 0 Å². The van der Waals surface area contributed by atoms with Crippen LogP contribution in [0.3, 0.4) is 0 Å². The minimum absolute atomic E-state index is 0. The van der Waals surface area contributed by atoms with E-state index in [1.165, 1.54) is 0 Å². The molecule has 0 spiro atoms. The van der Waals surface area contributed by atoms with Gasteiger partial charge in [0.1, 0.15) is 0 Å².